The lowest BCUT2D eigenvalue weighted by atomic mass is 9.96. The second-order valence-corrected chi connectivity index (χ2v) is 4.25. The molecular formula is C13H13NO. The molecule has 0 fully saturated rings. The van der Waals surface area contributed by atoms with Crippen LogP contribution >= 0.6 is 0 Å². The minimum absolute atomic E-state index is 0.247. The van der Waals surface area contributed by atoms with Gasteiger partial charge in [-0.15, -0.1) is 0 Å². The van der Waals surface area contributed by atoms with Gasteiger partial charge in [0.05, 0.1) is 0 Å². The van der Waals surface area contributed by atoms with Gasteiger partial charge in [0.25, 0.3) is 0 Å². The van der Waals surface area contributed by atoms with Crippen molar-refractivity contribution in [3.8, 4) is 0 Å². The summed E-state index contributed by atoms with van der Waals surface area (Å²) < 4.78 is 0. The van der Waals surface area contributed by atoms with E-state index < -0.39 is 0 Å². The second-order valence-electron chi connectivity index (χ2n) is 4.25. The molecule has 1 aromatic rings. The standard InChI is InChI=1S/C13H13NO/c1-9-2-3-11-10(8-9)6-7-14-12(11)4-5-13(14)15/h2-4,8H,5-7H2,1H3. The largest absolute Gasteiger partial charge is 0.312 e. The van der Waals surface area contributed by atoms with Crippen LogP contribution in [0.15, 0.2) is 24.3 Å². The molecule has 0 atom stereocenters. The molecule has 0 aromatic heterocycles. The number of rotatable bonds is 0. The molecule has 0 spiro atoms. The molecule has 0 saturated heterocycles. The molecule has 76 valence electrons. The molecule has 0 unspecified atom stereocenters. The maximum atomic E-state index is 11.6. The second kappa shape index (κ2) is 2.96. The summed E-state index contributed by atoms with van der Waals surface area (Å²) in [7, 11) is 0. The molecule has 2 heterocycles. The van der Waals surface area contributed by atoms with Crippen LogP contribution < -0.4 is 0 Å². The molecule has 0 aliphatic carbocycles. The zero-order valence-electron chi connectivity index (χ0n) is 8.79. The first-order valence-corrected chi connectivity index (χ1v) is 5.36. The van der Waals surface area contributed by atoms with Crippen LogP contribution in [0.25, 0.3) is 5.70 Å². The maximum absolute atomic E-state index is 11.6. The summed E-state index contributed by atoms with van der Waals surface area (Å²) in [6.45, 7) is 2.96. The summed E-state index contributed by atoms with van der Waals surface area (Å²) >= 11 is 0. The molecule has 0 bridgehead atoms. The van der Waals surface area contributed by atoms with Gasteiger partial charge in [-0.2, -0.15) is 0 Å². The lowest BCUT2D eigenvalue weighted by molar-refractivity contribution is -0.126. The Balaban J connectivity index is 2.13. The van der Waals surface area contributed by atoms with Crippen LogP contribution in [0.4, 0.5) is 0 Å². The van der Waals surface area contributed by atoms with Crippen molar-refractivity contribution in [3.63, 3.8) is 0 Å². The number of nitrogens with zero attached hydrogens (tertiary/aromatic N) is 1. The van der Waals surface area contributed by atoms with Gasteiger partial charge in [0, 0.05) is 24.2 Å². The predicted molar refractivity (Wildman–Crippen MR) is 59.2 cm³/mol. The molecule has 2 heteroatoms. The summed E-state index contributed by atoms with van der Waals surface area (Å²) in [5.74, 6) is 0.247. The number of carbonyl (C=O) groups is 1. The normalized spacial score (nSPS) is 18.6. The number of fused-ring (bicyclic) bond motifs is 3. The number of hydrogen-bond donors (Lipinski definition) is 0. The summed E-state index contributed by atoms with van der Waals surface area (Å²) in [6.07, 6.45) is 3.61. The Kier molecular flexibility index (Phi) is 1.72. The van der Waals surface area contributed by atoms with Crippen molar-refractivity contribution in [2.75, 3.05) is 6.54 Å². The highest BCUT2D eigenvalue weighted by atomic mass is 16.2. The fourth-order valence-electron chi connectivity index (χ4n) is 2.45. The van der Waals surface area contributed by atoms with Gasteiger partial charge in [-0.3, -0.25) is 4.79 Å². The van der Waals surface area contributed by atoms with E-state index in [0.29, 0.717) is 6.42 Å². The summed E-state index contributed by atoms with van der Waals surface area (Å²) in [5.41, 5.74) is 5.05. The number of carbonyl (C=O) groups excluding carboxylic acids is 1. The summed E-state index contributed by atoms with van der Waals surface area (Å²) in [4.78, 5) is 13.5. The Bertz CT molecular complexity index is 473. The lowest BCUT2D eigenvalue weighted by Gasteiger charge is -2.28. The smallest absolute Gasteiger partial charge is 0.230 e. The van der Waals surface area contributed by atoms with Crippen LogP contribution in [0.1, 0.15) is 23.1 Å². The van der Waals surface area contributed by atoms with Crippen molar-refractivity contribution in [2.24, 2.45) is 0 Å². The zero-order valence-corrected chi connectivity index (χ0v) is 8.79. The van der Waals surface area contributed by atoms with Crippen molar-refractivity contribution in [1.29, 1.82) is 0 Å². The third-order valence-electron chi connectivity index (χ3n) is 3.20. The minimum atomic E-state index is 0.247. The van der Waals surface area contributed by atoms with E-state index in [1.54, 1.807) is 0 Å². The van der Waals surface area contributed by atoms with E-state index in [4.69, 9.17) is 0 Å². The van der Waals surface area contributed by atoms with Gasteiger partial charge >= 0.3 is 0 Å². The Labute approximate surface area is 89.2 Å². The Morgan fingerprint density at radius 3 is 3.07 bits per heavy atom. The van der Waals surface area contributed by atoms with E-state index in [1.165, 1.54) is 16.7 Å². The minimum Gasteiger partial charge on any atom is -0.312 e. The average Bonchev–Trinajstić information content (AvgIpc) is 2.60. The molecule has 2 aliphatic heterocycles. The van der Waals surface area contributed by atoms with Crippen LogP contribution in [-0.2, 0) is 11.2 Å². The van der Waals surface area contributed by atoms with Crippen LogP contribution in [0.2, 0.25) is 0 Å². The van der Waals surface area contributed by atoms with Crippen LogP contribution in [0, 0.1) is 6.92 Å². The highest BCUT2D eigenvalue weighted by Gasteiger charge is 2.29. The first-order valence-electron chi connectivity index (χ1n) is 5.36. The summed E-state index contributed by atoms with van der Waals surface area (Å²) in [5, 5.41) is 0. The Morgan fingerprint density at radius 1 is 1.33 bits per heavy atom. The molecule has 15 heavy (non-hydrogen) atoms. The molecule has 2 aliphatic rings. The lowest BCUT2D eigenvalue weighted by Crippen LogP contribution is -2.30. The fourth-order valence-corrected chi connectivity index (χ4v) is 2.45. The molecule has 1 amide bonds. The van der Waals surface area contributed by atoms with Gasteiger partial charge in [0.15, 0.2) is 0 Å². The fraction of sp³-hybridized carbons (Fsp3) is 0.308. The molecule has 0 radical (unpaired) electrons. The summed E-state index contributed by atoms with van der Waals surface area (Å²) in [6, 6.07) is 6.49. The molecule has 0 N–H and O–H groups in total. The van der Waals surface area contributed by atoms with Crippen LogP contribution in [-0.4, -0.2) is 17.4 Å². The van der Waals surface area contributed by atoms with Crippen LogP contribution in [0.3, 0.4) is 0 Å². The van der Waals surface area contributed by atoms with E-state index in [9.17, 15) is 4.79 Å². The Morgan fingerprint density at radius 2 is 2.20 bits per heavy atom. The van der Waals surface area contributed by atoms with E-state index in [2.05, 4.69) is 31.2 Å². The third kappa shape index (κ3) is 1.21. The molecule has 1 aromatic carbocycles. The van der Waals surface area contributed by atoms with Gasteiger partial charge < -0.3 is 4.90 Å². The highest BCUT2D eigenvalue weighted by molar-refractivity contribution is 5.94. The maximum Gasteiger partial charge on any atom is 0.230 e. The van der Waals surface area contributed by atoms with E-state index in [0.717, 1.165) is 18.7 Å². The van der Waals surface area contributed by atoms with Crippen molar-refractivity contribution in [2.45, 2.75) is 19.8 Å². The quantitative estimate of drug-likeness (QED) is 0.626. The SMILES string of the molecule is Cc1ccc2c(c1)CCN1C(=O)CC=C21. The molecular weight excluding hydrogens is 186 g/mol. The van der Waals surface area contributed by atoms with Crippen molar-refractivity contribution < 1.29 is 4.79 Å². The van der Waals surface area contributed by atoms with Gasteiger partial charge in [-0.05, 0) is 18.9 Å². The van der Waals surface area contributed by atoms with Crippen LogP contribution in [0.5, 0.6) is 0 Å². The number of benzene rings is 1. The topological polar surface area (TPSA) is 20.3 Å². The van der Waals surface area contributed by atoms with E-state index in [1.807, 2.05) is 4.90 Å². The predicted octanol–water partition coefficient (Wildman–Crippen LogP) is 2.12. The van der Waals surface area contributed by atoms with Gasteiger partial charge in [0.2, 0.25) is 5.91 Å². The Hall–Kier alpha value is -1.57. The van der Waals surface area contributed by atoms with Crippen molar-refractivity contribution >= 4 is 11.6 Å². The molecule has 0 saturated carbocycles. The monoisotopic (exact) mass is 199 g/mol. The first kappa shape index (κ1) is 8.72. The number of amides is 1. The van der Waals surface area contributed by atoms with Gasteiger partial charge in [-0.1, -0.05) is 29.8 Å². The van der Waals surface area contributed by atoms with E-state index in [-0.39, 0.29) is 5.91 Å². The number of aryl methyl sites for hydroxylation is 1. The zero-order chi connectivity index (χ0) is 10.4. The first-order chi connectivity index (χ1) is 7.25. The van der Waals surface area contributed by atoms with Gasteiger partial charge in [0.1, 0.15) is 0 Å². The third-order valence-corrected chi connectivity index (χ3v) is 3.20. The van der Waals surface area contributed by atoms with Gasteiger partial charge in [-0.25, -0.2) is 0 Å². The van der Waals surface area contributed by atoms with Crippen molar-refractivity contribution in [1.82, 2.24) is 4.90 Å². The van der Waals surface area contributed by atoms with Crippen molar-refractivity contribution in [3.05, 3.63) is 41.0 Å². The molecule has 2 nitrogen and oxygen atoms in total. The molecule has 3 rings (SSSR count). The van der Waals surface area contributed by atoms with E-state index >= 15 is 0 Å². The average molecular weight is 199 g/mol. The number of hydrogen-bond acceptors (Lipinski definition) is 1. The highest BCUT2D eigenvalue weighted by Crippen LogP contribution is 2.33.